The molecule has 2 heterocycles. The molecule has 1 N–H and O–H groups in total. The highest BCUT2D eigenvalue weighted by atomic mass is 16.4. The summed E-state index contributed by atoms with van der Waals surface area (Å²) in [4.78, 5) is 28.3. The SMILES string of the molecule is Cc1cccc([C@@]2(C(C)(C)C)[C@@H]3CCC(=O)N3CCN2C(=O)O)c1C. The third-order valence-electron chi connectivity index (χ3n) is 6.19. The summed E-state index contributed by atoms with van der Waals surface area (Å²) in [6.07, 6.45) is 0.295. The maximum absolute atomic E-state index is 12.4. The van der Waals surface area contributed by atoms with E-state index in [9.17, 15) is 14.7 Å². The van der Waals surface area contributed by atoms with Crippen LogP contribution in [0.4, 0.5) is 4.79 Å². The minimum atomic E-state index is -0.908. The lowest BCUT2D eigenvalue weighted by molar-refractivity contribution is -0.141. The van der Waals surface area contributed by atoms with Crippen molar-refractivity contribution >= 4 is 12.0 Å². The second-order valence-corrected chi connectivity index (χ2v) is 8.34. The quantitative estimate of drug-likeness (QED) is 0.848. The molecular formula is C20H28N2O3. The number of carbonyl (C=O) groups excluding carboxylic acids is 1. The monoisotopic (exact) mass is 344 g/mol. The van der Waals surface area contributed by atoms with Crippen molar-refractivity contribution in [1.82, 2.24) is 9.80 Å². The van der Waals surface area contributed by atoms with Gasteiger partial charge in [-0.25, -0.2) is 4.79 Å². The topological polar surface area (TPSA) is 60.9 Å². The molecule has 2 atom stereocenters. The van der Waals surface area contributed by atoms with E-state index in [0.29, 0.717) is 25.9 Å². The standard InChI is InChI=1S/C20H28N2O3/c1-13-7-6-8-15(14(13)2)20(19(3,4)5)16-9-10-17(23)21(16)11-12-22(20)18(24)25/h6-8,16H,9-12H2,1-5H3,(H,24,25)/t16-,20-/m0/s1. The molecule has 2 fully saturated rings. The van der Waals surface area contributed by atoms with Crippen LogP contribution in [0.2, 0.25) is 0 Å². The van der Waals surface area contributed by atoms with Crippen LogP contribution in [0.1, 0.15) is 50.3 Å². The number of nitrogens with zero attached hydrogens (tertiary/aromatic N) is 2. The predicted octanol–water partition coefficient (Wildman–Crippen LogP) is 3.53. The van der Waals surface area contributed by atoms with E-state index in [0.717, 1.165) is 16.7 Å². The molecule has 2 amide bonds. The Bertz CT molecular complexity index is 722. The molecule has 2 aliphatic rings. The smallest absolute Gasteiger partial charge is 0.408 e. The lowest BCUT2D eigenvalue weighted by Crippen LogP contribution is -2.71. The van der Waals surface area contributed by atoms with E-state index in [1.165, 1.54) is 0 Å². The van der Waals surface area contributed by atoms with E-state index in [1.807, 2.05) is 11.0 Å². The van der Waals surface area contributed by atoms with Crippen molar-refractivity contribution in [2.24, 2.45) is 5.41 Å². The Morgan fingerprint density at radius 1 is 1.24 bits per heavy atom. The number of fused-ring (bicyclic) bond motifs is 1. The maximum Gasteiger partial charge on any atom is 0.408 e. The Morgan fingerprint density at radius 2 is 1.92 bits per heavy atom. The molecule has 0 spiro atoms. The van der Waals surface area contributed by atoms with Crippen molar-refractivity contribution in [2.75, 3.05) is 13.1 Å². The van der Waals surface area contributed by atoms with Gasteiger partial charge < -0.3 is 10.0 Å². The Kier molecular flexibility index (Phi) is 4.09. The Hall–Kier alpha value is -2.04. The van der Waals surface area contributed by atoms with Crippen LogP contribution >= 0.6 is 0 Å². The molecule has 2 saturated heterocycles. The summed E-state index contributed by atoms with van der Waals surface area (Å²) >= 11 is 0. The molecule has 0 aromatic heterocycles. The number of piperazine rings is 1. The first-order valence-electron chi connectivity index (χ1n) is 8.99. The first-order valence-corrected chi connectivity index (χ1v) is 8.99. The van der Waals surface area contributed by atoms with Crippen LogP contribution in [0.25, 0.3) is 0 Å². The predicted molar refractivity (Wildman–Crippen MR) is 96.5 cm³/mol. The summed E-state index contributed by atoms with van der Waals surface area (Å²) in [5.74, 6) is 0.147. The fraction of sp³-hybridized carbons (Fsp3) is 0.600. The normalized spacial score (nSPS) is 26.8. The van der Waals surface area contributed by atoms with Crippen molar-refractivity contribution in [1.29, 1.82) is 0 Å². The first kappa shape index (κ1) is 17.8. The zero-order valence-corrected chi connectivity index (χ0v) is 15.8. The average Bonchev–Trinajstić information content (AvgIpc) is 2.89. The van der Waals surface area contributed by atoms with Crippen LogP contribution in [0, 0.1) is 19.3 Å². The van der Waals surface area contributed by atoms with Gasteiger partial charge in [-0.2, -0.15) is 0 Å². The van der Waals surface area contributed by atoms with Crippen LogP contribution in [0.5, 0.6) is 0 Å². The van der Waals surface area contributed by atoms with Crippen LogP contribution in [-0.2, 0) is 10.3 Å². The molecule has 5 nitrogen and oxygen atoms in total. The number of benzene rings is 1. The van der Waals surface area contributed by atoms with Crippen molar-refractivity contribution in [2.45, 2.75) is 59.0 Å². The van der Waals surface area contributed by atoms with Gasteiger partial charge in [-0.3, -0.25) is 9.69 Å². The molecular weight excluding hydrogens is 316 g/mol. The Labute approximate surface area is 149 Å². The molecule has 0 aliphatic carbocycles. The summed E-state index contributed by atoms with van der Waals surface area (Å²) in [7, 11) is 0. The molecule has 0 bridgehead atoms. The largest absolute Gasteiger partial charge is 0.465 e. The number of carboxylic acid groups (broad SMARTS) is 1. The minimum Gasteiger partial charge on any atom is -0.465 e. The maximum atomic E-state index is 12.4. The van der Waals surface area contributed by atoms with Gasteiger partial charge in [-0.1, -0.05) is 39.0 Å². The molecule has 1 aromatic carbocycles. The van der Waals surface area contributed by atoms with Crippen molar-refractivity contribution in [3.8, 4) is 0 Å². The van der Waals surface area contributed by atoms with Crippen LogP contribution in [-0.4, -0.2) is 46.0 Å². The fourth-order valence-electron chi connectivity index (χ4n) is 5.06. The van der Waals surface area contributed by atoms with Gasteiger partial charge in [0.05, 0.1) is 11.6 Å². The van der Waals surface area contributed by atoms with Crippen LogP contribution in [0.15, 0.2) is 18.2 Å². The first-order chi connectivity index (χ1) is 11.6. The summed E-state index contributed by atoms with van der Waals surface area (Å²) in [5.41, 5.74) is 2.18. The zero-order chi connectivity index (χ0) is 18.6. The van der Waals surface area contributed by atoms with E-state index in [2.05, 4.69) is 46.8 Å². The Balaban J connectivity index is 2.35. The number of amides is 2. The highest BCUT2D eigenvalue weighted by molar-refractivity contribution is 5.80. The zero-order valence-electron chi connectivity index (χ0n) is 15.8. The molecule has 0 unspecified atom stereocenters. The number of hydrogen-bond donors (Lipinski definition) is 1. The van der Waals surface area contributed by atoms with Gasteiger partial charge in [0.2, 0.25) is 5.91 Å². The van der Waals surface area contributed by atoms with Gasteiger partial charge >= 0.3 is 6.09 Å². The highest BCUT2D eigenvalue weighted by Crippen LogP contribution is 2.54. The second-order valence-electron chi connectivity index (χ2n) is 8.34. The molecule has 136 valence electrons. The molecule has 25 heavy (non-hydrogen) atoms. The molecule has 1 aromatic rings. The van der Waals surface area contributed by atoms with Gasteiger partial charge in [-0.05, 0) is 42.4 Å². The van der Waals surface area contributed by atoms with Crippen molar-refractivity contribution < 1.29 is 14.7 Å². The van der Waals surface area contributed by atoms with Crippen LogP contribution in [0.3, 0.4) is 0 Å². The summed E-state index contributed by atoms with van der Waals surface area (Å²) in [6.45, 7) is 11.2. The number of rotatable bonds is 1. The summed E-state index contributed by atoms with van der Waals surface area (Å²) in [6, 6.07) is 5.99. The van der Waals surface area contributed by atoms with E-state index in [4.69, 9.17) is 0 Å². The number of aryl methyl sites for hydroxylation is 1. The minimum absolute atomic E-state index is 0.120. The van der Waals surface area contributed by atoms with E-state index in [1.54, 1.807) is 4.90 Å². The number of carbonyl (C=O) groups is 2. The van der Waals surface area contributed by atoms with Crippen molar-refractivity contribution in [3.05, 3.63) is 34.9 Å². The van der Waals surface area contributed by atoms with Gasteiger partial charge in [0, 0.05) is 19.5 Å². The molecule has 2 aliphatic heterocycles. The fourth-order valence-corrected chi connectivity index (χ4v) is 5.06. The average molecular weight is 344 g/mol. The third kappa shape index (κ3) is 2.35. The highest BCUT2D eigenvalue weighted by Gasteiger charge is 2.61. The lowest BCUT2D eigenvalue weighted by atomic mass is 9.61. The molecule has 5 heteroatoms. The van der Waals surface area contributed by atoms with Crippen LogP contribution < -0.4 is 0 Å². The van der Waals surface area contributed by atoms with Gasteiger partial charge in [-0.15, -0.1) is 0 Å². The van der Waals surface area contributed by atoms with Gasteiger partial charge in [0.1, 0.15) is 0 Å². The van der Waals surface area contributed by atoms with E-state index in [-0.39, 0.29) is 17.4 Å². The number of hydrogen-bond acceptors (Lipinski definition) is 2. The molecule has 0 radical (unpaired) electrons. The lowest BCUT2D eigenvalue weighted by Gasteiger charge is -2.60. The van der Waals surface area contributed by atoms with E-state index >= 15 is 0 Å². The Morgan fingerprint density at radius 3 is 2.52 bits per heavy atom. The third-order valence-corrected chi connectivity index (χ3v) is 6.19. The molecule has 3 rings (SSSR count). The summed E-state index contributed by atoms with van der Waals surface area (Å²) in [5, 5.41) is 10.1. The van der Waals surface area contributed by atoms with Crippen molar-refractivity contribution in [3.63, 3.8) is 0 Å². The second kappa shape index (κ2) is 5.75. The summed E-state index contributed by atoms with van der Waals surface area (Å²) < 4.78 is 0. The molecule has 0 saturated carbocycles. The van der Waals surface area contributed by atoms with Gasteiger partial charge in [0.15, 0.2) is 0 Å². The van der Waals surface area contributed by atoms with E-state index < -0.39 is 11.6 Å². The van der Waals surface area contributed by atoms with Gasteiger partial charge in [0.25, 0.3) is 0 Å².